The molecule has 0 radical (unpaired) electrons. The van der Waals surface area contributed by atoms with Gasteiger partial charge in [0.2, 0.25) is 0 Å². The first-order chi connectivity index (χ1) is 15.8. The van der Waals surface area contributed by atoms with E-state index in [9.17, 15) is 0 Å². The number of hydrogen-bond acceptors (Lipinski definition) is 2. The van der Waals surface area contributed by atoms with Gasteiger partial charge in [-0.25, -0.2) is 0 Å². The molecule has 0 atom stereocenters. The zero-order chi connectivity index (χ0) is 21.3. The van der Waals surface area contributed by atoms with E-state index >= 15 is 0 Å². The van der Waals surface area contributed by atoms with Crippen molar-refractivity contribution in [3.05, 3.63) is 118 Å². The first-order valence-corrected chi connectivity index (χ1v) is 12.9. The molecular weight excluding hydrogens is 424 g/mol. The number of fused-ring (bicyclic) bond motifs is 5. The molecule has 156 valence electrons. The lowest BCUT2D eigenvalue weighted by atomic mass is 10.1. The van der Waals surface area contributed by atoms with Crippen molar-refractivity contribution in [2.24, 2.45) is 0 Å². The Morgan fingerprint density at radius 1 is 0.438 bits per heavy atom. The standard InChI is InChI=1S/C30H24S2/c1-3-7-21(8-4-1)11-15-25-19-23-13-17-28-27(29(23)31-25)18-14-24-20-26(32-30(24)28)16-12-22-9-5-2-6-10-22/h1-10,13-14,17-20H,11-12,15-16H2. The Kier molecular flexibility index (Phi) is 5.26. The lowest BCUT2D eigenvalue weighted by Crippen LogP contribution is -1.87. The fraction of sp³-hybridized carbons (Fsp3) is 0.133. The molecule has 0 aliphatic rings. The van der Waals surface area contributed by atoms with Crippen LogP contribution in [-0.2, 0) is 25.7 Å². The van der Waals surface area contributed by atoms with Crippen LogP contribution in [0.25, 0.3) is 30.9 Å². The van der Waals surface area contributed by atoms with Crippen LogP contribution in [0.4, 0.5) is 0 Å². The van der Waals surface area contributed by atoms with Gasteiger partial charge in [-0.2, -0.15) is 0 Å². The SMILES string of the molecule is c1ccc(CCc2cc3ccc4c(ccc5cc(CCc6ccccc6)sc54)c3s2)cc1. The normalized spacial score (nSPS) is 11.6. The van der Waals surface area contributed by atoms with Gasteiger partial charge in [0.25, 0.3) is 0 Å². The summed E-state index contributed by atoms with van der Waals surface area (Å²) in [6, 6.07) is 35.7. The Morgan fingerprint density at radius 2 is 0.875 bits per heavy atom. The molecule has 0 nitrogen and oxygen atoms in total. The summed E-state index contributed by atoms with van der Waals surface area (Å²) in [4.78, 5) is 2.96. The summed E-state index contributed by atoms with van der Waals surface area (Å²) in [6.07, 6.45) is 4.42. The number of benzene rings is 4. The minimum atomic E-state index is 1.10. The van der Waals surface area contributed by atoms with Crippen LogP contribution in [0.1, 0.15) is 20.9 Å². The van der Waals surface area contributed by atoms with Crippen LogP contribution < -0.4 is 0 Å². The topological polar surface area (TPSA) is 0 Å². The van der Waals surface area contributed by atoms with Crippen molar-refractivity contribution in [2.75, 3.05) is 0 Å². The summed E-state index contributed by atoms with van der Waals surface area (Å²) in [7, 11) is 0. The van der Waals surface area contributed by atoms with Gasteiger partial charge in [-0.05, 0) is 59.7 Å². The number of aryl methyl sites for hydroxylation is 4. The zero-order valence-electron chi connectivity index (χ0n) is 17.9. The van der Waals surface area contributed by atoms with E-state index in [1.54, 1.807) is 0 Å². The molecule has 6 aromatic rings. The van der Waals surface area contributed by atoms with Crippen LogP contribution in [0.5, 0.6) is 0 Å². The zero-order valence-corrected chi connectivity index (χ0v) is 19.5. The maximum Gasteiger partial charge on any atom is 0.0424 e. The molecule has 0 bridgehead atoms. The van der Waals surface area contributed by atoms with Gasteiger partial charge in [0.05, 0.1) is 0 Å². The fourth-order valence-corrected chi connectivity index (χ4v) is 6.95. The molecule has 0 saturated heterocycles. The highest BCUT2D eigenvalue weighted by atomic mass is 32.1. The van der Waals surface area contributed by atoms with E-state index in [-0.39, 0.29) is 0 Å². The third-order valence-corrected chi connectivity index (χ3v) is 8.76. The third kappa shape index (κ3) is 3.85. The van der Waals surface area contributed by atoms with Crippen molar-refractivity contribution in [1.29, 1.82) is 0 Å². The van der Waals surface area contributed by atoms with Crippen LogP contribution in [0, 0.1) is 0 Å². The van der Waals surface area contributed by atoms with E-state index in [0.717, 1.165) is 25.7 Å². The van der Waals surface area contributed by atoms with Crippen molar-refractivity contribution in [2.45, 2.75) is 25.7 Å². The van der Waals surface area contributed by atoms with Crippen LogP contribution >= 0.6 is 22.7 Å². The maximum atomic E-state index is 2.40. The molecule has 0 unspecified atom stereocenters. The number of rotatable bonds is 6. The molecule has 4 aromatic carbocycles. The number of hydrogen-bond donors (Lipinski definition) is 0. The quantitative estimate of drug-likeness (QED) is 0.239. The molecule has 2 heteroatoms. The monoisotopic (exact) mass is 448 g/mol. The smallest absolute Gasteiger partial charge is 0.0424 e. The minimum absolute atomic E-state index is 1.10. The van der Waals surface area contributed by atoms with Crippen molar-refractivity contribution >= 4 is 53.6 Å². The molecule has 0 spiro atoms. The highest BCUT2D eigenvalue weighted by Gasteiger charge is 2.11. The second-order valence-corrected chi connectivity index (χ2v) is 10.7. The summed E-state index contributed by atoms with van der Waals surface area (Å²) >= 11 is 3.95. The largest absolute Gasteiger partial charge is 0.140 e. The second-order valence-electron chi connectivity index (χ2n) is 8.46. The molecule has 0 amide bonds. The van der Waals surface area contributed by atoms with Gasteiger partial charge in [-0.1, -0.05) is 84.9 Å². The Balaban J connectivity index is 1.31. The summed E-state index contributed by atoms with van der Waals surface area (Å²) in [6.45, 7) is 0. The van der Waals surface area contributed by atoms with E-state index < -0.39 is 0 Å². The van der Waals surface area contributed by atoms with Gasteiger partial charge in [-0.15, -0.1) is 22.7 Å². The highest BCUT2D eigenvalue weighted by Crippen LogP contribution is 2.39. The lowest BCUT2D eigenvalue weighted by Gasteiger charge is -2.01. The van der Waals surface area contributed by atoms with Crippen LogP contribution in [0.3, 0.4) is 0 Å². The van der Waals surface area contributed by atoms with Gasteiger partial charge < -0.3 is 0 Å². The number of thiophene rings is 2. The van der Waals surface area contributed by atoms with Crippen molar-refractivity contribution in [3.8, 4) is 0 Å². The first kappa shape index (κ1) is 19.7. The van der Waals surface area contributed by atoms with E-state index in [2.05, 4.69) is 97.1 Å². The molecule has 0 saturated carbocycles. The van der Waals surface area contributed by atoms with E-state index in [4.69, 9.17) is 0 Å². The summed E-state index contributed by atoms with van der Waals surface area (Å²) < 4.78 is 2.87. The van der Waals surface area contributed by atoms with E-state index in [0.29, 0.717) is 0 Å². The first-order valence-electron chi connectivity index (χ1n) is 11.3. The molecule has 6 rings (SSSR count). The third-order valence-electron chi connectivity index (χ3n) is 6.27. The summed E-state index contributed by atoms with van der Waals surface area (Å²) in [5.74, 6) is 0. The Labute approximate surface area is 196 Å². The van der Waals surface area contributed by atoms with Crippen molar-refractivity contribution in [1.82, 2.24) is 0 Å². The van der Waals surface area contributed by atoms with Gasteiger partial charge in [0.1, 0.15) is 0 Å². The fourth-order valence-electron chi connectivity index (χ4n) is 4.58. The average molecular weight is 449 g/mol. The average Bonchev–Trinajstić information content (AvgIpc) is 3.46. The maximum absolute atomic E-state index is 2.40. The summed E-state index contributed by atoms with van der Waals surface area (Å²) in [5.41, 5.74) is 2.83. The predicted octanol–water partition coefficient (Wildman–Crippen LogP) is 8.84. The predicted molar refractivity (Wildman–Crippen MR) is 142 cm³/mol. The molecule has 2 aromatic heterocycles. The van der Waals surface area contributed by atoms with Gasteiger partial charge in [-0.3, -0.25) is 0 Å². The van der Waals surface area contributed by atoms with Crippen molar-refractivity contribution in [3.63, 3.8) is 0 Å². The van der Waals surface area contributed by atoms with Crippen LogP contribution in [0.2, 0.25) is 0 Å². The highest BCUT2D eigenvalue weighted by molar-refractivity contribution is 7.21. The molecule has 0 aliphatic carbocycles. The molecule has 0 N–H and O–H groups in total. The molecule has 2 heterocycles. The van der Waals surface area contributed by atoms with Gasteiger partial charge >= 0.3 is 0 Å². The Bertz CT molecular complexity index is 1390. The van der Waals surface area contributed by atoms with Gasteiger partial charge in [0.15, 0.2) is 0 Å². The van der Waals surface area contributed by atoms with Crippen LogP contribution in [-0.4, -0.2) is 0 Å². The van der Waals surface area contributed by atoms with E-state index in [1.807, 2.05) is 22.7 Å². The van der Waals surface area contributed by atoms with E-state index in [1.165, 1.54) is 51.8 Å². The minimum Gasteiger partial charge on any atom is -0.140 e. The van der Waals surface area contributed by atoms with Crippen molar-refractivity contribution < 1.29 is 0 Å². The molecule has 32 heavy (non-hydrogen) atoms. The Hall–Kier alpha value is -2.94. The molecule has 0 aliphatic heterocycles. The second kappa shape index (κ2) is 8.54. The molecule has 0 fully saturated rings. The van der Waals surface area contributed by atoms with Gasteiger partial charge in [0, 0.05) is 29.9 Å². The molecular formula is C30H24S2. The summed E-state index contributed by atoms with van der Waals surface area (Å²) in [5, 5.41) is 5.57. The lowest BCUT2D eigenvalue weighted by molar-refractivity contribution is 0.982. The van der Waals surface area contributed by atoms with Crippen LogP contribution in [0.15, 0.2) is 97.1 Å². The Morgan fingerprint density at radius 3 is 1.31 bits per heavy atom.